The van der Waals surface area contributed by atoms with Crippen LogP contribution < -0.4 is 5.32 Å². The summed E-state index contributed by atoms with van der Waals surface area (Å²) in [7, 11) is 4.16. The fourth-order valence-corrected chi connectivity index (χ4v) is 2.50. The van der Waals surface area contributed by atoms with Crippen molar-refractivity contribution < 1.29 is 4.74 Å². The van der Waals surface area contributed by atoms with Gasteiger partial charge < -0.3 is 15.0 Å². The van der Waals surface area contributed by atoms with Crippen molar-refractivity contribution in [1.82, 2.24) is 15.1 Å². The molecule has 0 radical (unpaired) electrons. The molecule has 0 amide bonds. The average molecular weight is 257 g/mol. The molecule has 1 saturated heterocycles. The standard InChI is InChI=1S/C14H31N3O/c1-5-14(6-2)13-17(8-7-15-14)10-12-18-11-9-16(3)4/h15H,5-13H2,1-4H3. The molecule has 0 atom stereocenters. The van der Waals surface area contributed by atoms with Crippen LogP contribution in [0, 0.1) is 0 Å². The molecule has 0 aliphatic carbocycles. The number of nitrogens with one attached hydrogen (secondary N) is 1. The van der Waals surface area contributed by atoms with Gasteiger partial charge in [0, 0.05) is 38.3 Å². The van der Waals surface area contributed by atoms with E-state index in [1.165, 1.54) is 12.8 Å². The zero-order valence-electron chi connectivity index (χ0n) is 12.7. The molecule has 1 heterocycles. The Hall–Kier alpha value is -0.160. The molecule has 18 heavy (non-hydrogen) atoms. The number of piperazine rings is 1. The fraction of sp³-hybridized carbons (Fsp3) is 1.00. The molecule has 1 aliphatic heterocycles. The Morgan fingerprint density at radius 1 is 1.22 bits per heavy atom. The van der Waals surface area contributed by atoms with Gasteiger partial charge in [0.1, 0.15) is 0 Å². The maximum Gasteiger partial charge on any atom is 0.0594 e. The van der Waals surface area contributed by atoms with Crippen LogP contribution >= 0.6 is 0 Å². The van der Waals surface area contributed by atoms with Crippen molar-refractivity contribution >= 4 is 0 Å². The highest BCUT2D eigenvalue weighted by atomic mass is 16.5. The first-order chi connectivity index (χ1) is 8.62. The molecule has 108 valence electrons. The van der Waals surface area contributed by atoms with Crippen LogP contribution in [0.2, 0.25) is 0 Å². The minimum absolute atomic E-state index is 0.335. The Labute approximate surface area is 113 Å². The smallest absolute Gasteiger partial charge is 0.0594 e. The van der Waals surface area contributed by atoms with Gasteiger partial charge in [0.25, 0.3) is 0 Å². The molecular formula is C14H31N3O. The lowest BCUT2D eigenvalue weighted by molar-refractivity contribution is 0.0642. The van der Waals surface area contributed by atoms with Gasteiger partial charge in [0.2, 0.25) is 0 Å². The van der Waals surface area contributed by atoms with E-state index in [4.69, 9.17) is 4.74 Å². The molecule has 0 aromatic heterocycles. The summed E-state index contributed by atoms with van der Waals surface area (Å²) in [5.41, 5.74) is 0.335. The lowest BCUT2D eigenvalue weighted by Crippen LogP contribution is -2.60. The summed E-state index contributed by atoms with van der Waals surface area (Å²) in [5.74, 6) is 0. The molecule has 1 fully saturated rings. The zero-order chi connectivity index (χ0) is 13.4. The van der Waals surface area contributed by atoms with Gasteiger partial charge in [0.15, 0.2) is 0 Å². The molecule has 1 rings (SSSR count). The summed E-state index contributed by atoms with van der Waals surface area (Å²) < 4.78 is 5.68. The summed E-state index contributed by atoms with van der Waals surface area (Å²) in [6, 6.07) is 0. The summed E-state index contributed by atoms with van der Waals surface area (Å²) in [5, 5.41) is 3.69. The van der Waals surface area contributed by atoms with Crippen LogP contribution in [-0.4, -0.2) is 75.4 Å². The quantitative estimate of drug-likeness (QED) is 0.657. The third-order valence-electron chi connectivity index (χ3n) is 4.04. The minimum Gasteiger partial charge on any atom is -0.379 e. The molecule has 0 spiro atoms. The van der Waals surface area contributed by atoms with Gasteiger partial charge in [0.05, 0.1) is 13.2 Å². The SMILES string of the molecule is CCC1(CC)CN(CCOCCN(C)C)CCN1. The Balaban J connectivity index is 2.18. The summed E-state index contributed by atoms with van der Waals surface area (Å²) >= 11 is 0. The molecule has 0 unspecified atom stereocenters. The monoisotopic (exact) mass is 257 g/mol. The van der Waals surface area contributed by atoms with Crippen LogP contribution in [-0.2, 0) is 4.74 Å². The van der Waals surface area contributed by atoms with E-state index in [0.29, 0.717) is 5.54 Å². The Bertz CT molecular complexity index is 217. The van der Waals surface area contributed by atoms with Crippen molar-refractivity contribution in [2.75, 3.05) is 60.0 Å². The van der Waals surface area contributed by atoms with Gasteiger partial charge in [-0.2, -0.15) is 0 Å². The van der Waals surface area contributed by atoms with Crippen LogP contribution in [0.25, 0.3) is 0 Å². The van der Waals surface area contributed by atoms with Crippen molar-refractivity contribution in [2.45, 2.75) is 32.2 Å². The van der Waals surface area contributed by atoms with Crippen molar-refractivity contribution in [3.05, 3.63) is 0 Å². The third-order valence-corrected chi connectivity index (χ3v) is 4.04. The van der Waals surface area contributed by atoms with Crippen LogP contribution in [0.3, 0.4) is 0 Å². The number of hydrogen-bond acceptors (Lipinski definition) is 4. The molecule has 0 aromatic carbocycles. The molecular weight excluding hydrogens is 226 g/mol. The van der Waals surface area contributed by atoms with Crippen molar-refractivity contribution in [3.8, 4) is 0 Å². The van der Waals surface area contributed by atoms with Gasteiger partial charge in [-0.3, -0.25) is 4.90 Å². The second-order valence-electron chi connectivity index (χ2n) is 5.61. The molecule has 4 nitrogen and oxygen atoms in total. The second-order valence-corrected chi connectivity index (χ2v) is 5.61. The largest absolute Gasteiger partial charge is 0.379 e. The highest BCUT2D eigenvalue weighted by Crippen LogP contribution is 2.19. The Morgan fingerprint density at radius 2 is 1.94 bits per heavy atom. The van der Waals surface area contributed by atoms with Crippen molar-refractivity contribution in [3.63, 3.8) is 0 Å². The Kier molecular flexibility index (Phi) is 7.15. The van der Waals surface area contributed by atoms with E-state index in [-0.39, 0.29) is 0 Å². The summed E-state index contributed by atoms with van der Waals surface area (Å²) in [6.45, 7) is 11.8. The van der Waals surface area contributed by atoms with Crippen molar-refractivity contribution in [1.29, 1.82) is 0 Å². The van der Waals surface area contributed by atoms with Crippen LogP contribution in [0.4, 0.5) is 0 Å². The molecule has 0 bridgehead atoms. The highest BCUT2D eigenvalue weighted by Gasteiger charge is 2.31. The van der Waals surface area contributed by atoms with E-state index in [1.807, 2.05) is 0 Å². The van der Waals surface area contributed by atoms with E-state index >= 15 is 0 Å². The molecule has 1 aliphatic rings. The minimum atomic E-state index is 0.335. The van der Waals surface area contributed by atoms with Gasteiger partial charge >= 0.3 is 0 Å². The maximum atomic E-state index is 5.68. The maximum absolute atomic E-state index is 5.68. The Morgan fingerprint density at radius 3 is 2.56 bits per heavy atom. The van der Waals surface area contributed by atoms with Crippen molar-refractivity contribution in [2.24, 2.45) is 0 Å². The lowest BCUT2D eigenvalue weighted by Gasteiger charge is -2.43. The van der Waals surface area contributed by atoms with E-state index in [9.17, 15) is 0 Å². The second kappa shape index (κ2) is 8.10. The van der Waals surface area contributed by atoms with Gasteiger partial charge in [-0.1, -0.05) is 13.8 Å². The molecule has 0 aromatic rings. The van der Waals surface area contributed by atoms with E-state index in [2.05, 4.69) is 43.1 Å². The van der Waals surface area contributed by atoms with Crippen LogP contribution in [0.15, 0.2) is 0 Å². The summed E-state index contributed by atoms with van der Waals surface area (Å²) in [4.78, 5) is 4.70. The van der Waals surface area contributed by atoms with E-state index < -0.39 is 0 Å². The van der Waals surface area contributed by atoms with Gasteiger partial charge in [-0.05, 0) is 26.9 Å². The predicted molar refractivity (Wildman–Crippen MR) is 77.1 cm³/mol. The predicted octanol–water partition coefficient (Wildman–Crippen LogP) is 1.03. The van der Waals surface area contributed by atoms with Crippen LogP contribution in [0.1, 0.15) is 26.7 Å². The number of ether oxygens (including phenoxy) is 1. The number of likely N-dealkylation sites (N-methyl/N-ethyl adjacent to an activating group) is 1. The molecule has 4 heteroatoms. The number of rotatable bonds is 8. The van der Waals surface area contributed by atoms with E-state index in [1.54, 1.807) is 0 Å². The normalized spacial score (nSPS) is 20.5. The topological polar surface area (TPSA) is 27.7 Å². The molecule has 1 N–H and O–H groups in total. The average Bonchev–Trinajstić information content (AvgIpc) is 2.38. The fourth-order valence-electron chi connectivity index (χ4n) is 2.50. The highest BCUT2D eigenvalue weighted by molar-refractivity contribution is 4.92. The number of nitrogens with zero attached hydrogens (tertiary/aromatic N) is 2. The first-order valence-electron chi connectivity index (χ1n) is 7.32. The van der Waals surface area contributed by atoms with Gasteiger partial charge in [-0.15, -0.1) is 0 Å². The first kappa shape index (κ1) is 15.9. The lowest BCUT2D eigenvalue weighted by atomic mass is 9.90. The van der Waals surface area contributed by atoms with Gasteiger partial charge in [-0.25, -0.2) is 0 Å². The summed E-state index contributed by atoms with van der Waals surface area (Å²) in [6.07, 6.45) is 2.42. The van der Waals surface area contributed by atoms with Crippen LogP contribution in [0.5, 0.6) is 0 Å². The first-order valence-corrected chi connectivity index (χ1v) is 7.32. The molecule has 0 saturated carbocycles. The van der Waals surface area contributed by atoms with E-state index in [0.717, 1.165) is 45.9 Å². The zero-order valence-corrected chi connectivity index (χ0v) is 12.7. The third kappa shape index (κ3) is 5.22. The number of hydrogen-bond donors (Lipinski definition) is 1.